The molecule has 11 nitrogen and oxygen atoms in total. The summed E-state index contributed by atoms with van der Waals surface area (Å²) in [6.07, 6.45) is 1.03. The molecule has 0 aliphatic carbocycles. The summed E-state index contributed by atoms with van der Waals surface area (Å²) in [5, 5.41) is 2.85. The first-order valence-electron chi connectivity index (χ1n) is 15.1. The van der Waals surface area contributed by atoms with Crippen molar-refractivity contribution in [3.05, 3.63) is 48.5 Å². The molecule has 3 heterocycles. The van der Waals surface area contributed by atoms with E-state index in [9.17, 15) is 4.79 Å². The lowest BCUT2D eigenvalue weighted by atomic mass is 10.1. The number of anilines is 1. The Labute approximate surface area is 263 Å². The standard InChI is InChI=1S/C31H49N5O6Si2/c1-30(2,3)43(8,9)40-17-22-24(39-20-38-7)25(42-44(10,11)31(4,5)6)29(41-22)36-19-34-23-26(32-18-33-27(23)36)35-28(37)21-15-13-12-14-16-21/h12-16,18-19,22,24-25,29H,17,20H2,1-11H3,(H,32,33,35,37)/t22-,24-,25-,29-/m1/s1. The van der Waals surface area contributed by atoms with E-state index in [1.54, 1.807) is 25.6 Å². The highest BCUT2D eigenvalue weighted by atomic mass is 28.4. The molecule has 1 aliphatic rings. The molecular formula is C31H49N5O6Si2. The Bertz CT molecular complexity index is 1420. The SMILES string of the molecule is COCO[C@H]1[C@@H](O[Si](C)(C)C(C)(C)C)[C@H](n2cnc3c(NC(=O)c4ccccc4)ncnc32)O[C@@H]1CO[Si](C)(C)C(C)(C)C. The number of fused-ring (bicyclic) bond motifs is 1. The summed E-state index contributed by atoms with van der Waals surface area (Å²) in [5.41, 5.74) is 1.47. The second-order valence-corrected chi connectivity index (χ2v) is 23.9. The Morgan fingerprint density at radius 1 is 0.955 bits per heavy atom. The lowest BCUT2D eigenvalue weighted by Crippen LogP contribution is -2.50. The van der Waals surface area contributed by atoms with Crippen molar-refractivity contribution in [2.75, 3.05) is 25.8 Å². The normalized spacial score (nSPS) is 21.6. The summed E-state index contributed by atoms with van der Waals surface area (Å²) >= 11 is 0. The van der Waals surface area contributed by atoms with Crippen molar-refractivity contribution in [2.24, 2.45) is 0 Å². The zero-order valence-electron chi connectivity index (χ0n) is 28.0. The second kappa shape index (κ2) is 13.1. The van der Waals surface area contributed by atoms with E-state index in [2.05, 4.69) is 88.0 Å². The van der Waals surface area contributed by atoms with Crippen molar-refractivity contribution < 1.29 is 27.9 Å². The van der Waals surface area contributed by atoms with Crippen molar-refractivity contribution in [3.8, 4) is 0 Å². The van der Waals surface area contributed by atoms with Crippen LogP contribution >= 0.6 is 0 Å². The molecule has 0 unspecified atom stereocenters. The van der Waals surface area contributed by atoms with Crippen LogP contribution in [0.5, 0.6) is 0 Å². The van der Waals surface area contributed by atoms with E-state index in [0.717, 1.165) is 0 Å². The highest BCUT2D eigenvalue weighted by Gasteiger charge is 2.52. The number of nitrogens with zero attached hydrogens (tertiary/aromatic N) is 4. The van der Waals surface area contributed by atoms with Gasteiger partial charge in [0.05, 0.1) is 12.9 Å². The van der Waals surface area contributed by atoms with Gasteiger partial charge in [-0.1, -0.05) is 59.7 Å². The lowest BCUT2D eigenvalue weighted by Gasteiger charge is -2.40. The molecule has 242 valence electrons. The van der Waals surface area contributed by atoms with Crippen molar-refractivity contribution in [1.29, 1.82) is 0 Å². The first-order valence-corrected chi connectivity index (χ1v) is 20.9. The molecule has 1 amide bonds. The fourth-order valence-electron chi connectivity index (χ4n) is 4.46. The third-order valence-corrected chi connectivity index (χ3v) is 18.2. The summed E-state index contributed by atoms with van der Waals surface area (Å²) in [6.45, 7) is 22.5. The molecule has 1 aliphatic heterocycles. The van der Waals surface area contributed by atoms with Gasteiger partial charge in [0.25, 0.3) is 5.91 Å². The van der Waals surface area contributed by atoms with E-state index >= 15 is 0 Å². The minimum absolute atomic E-state index is 0.0307. The summed E-state index contributed by atoms with van der Waals surface area (Å²) in [4.78, 5) is 26.5. The van der Waals surface area contributed by atoms with Crippen LogP contribution in [-0.4, -0.2) is 80.9 Å². The highest BCUT2D eigenvalue weighted by molar-refractivity contribution is 6.74. The zero-order chi connectivity index (χ0) is 32.5. The molecule has 1 aromatic carbocycles. The summed E-state index contributed by atoms with van der Waals surface area (Å²) < 4.78 is 34.0. The van der Waals surface area contributed by atoms with Gasteiger partial charge in [0.15, 0.2) is 39.8 Å². The Morgan fingerprint density at radius 3 is 2.23 bits per heavy atom. The Hall–Kier alpha value is -2.53. The van der Waals surface area contributed by atoms with Crippen LogP contribution in [0.2, 0.25) is 36.3 Å². The molecule has 1 fully saturated rings. The number of ether oxygens (including phenoxy) is 3. The maximum absolute atomic E-state index is 12.9. The van der Waals surface area contributed by atoms with Gasteiger partial charge in [-0.25, -0.2) is 15.0 Å². The molecule has 1 N–H and O–H groups in total. The molecular weight excluding hydrogens is 595 g/mol. The Morgan fingerprint density at radius 2 is 1.61 bits per heavy atom. The maximum Gasteiger partial charge on any atom is 0.256 e. The number of aromatic nitrogens is 4. The number of nitrogens with one attached hydrogen (secondary N) is 1. The lowest BCUT2D eigenvalue weighted by molar-refractivity contribution is -0.117. The molecule has 0 radical (unpaired) electrons. The first kappa shape index (κ1) is 34.3. The number of methoxy groups -OCH3 is 1. The first-order chi connectivity index (χ1) is 20.5. The van der Waals surface area contributed by atoms with Gasteiger partial charge in [0.1, 0.15) is 31.4 Å². The van der Waals surface area contributed by atoms with Gasteiger partial charge in [-0.3, -0.25) is 9.36 Å². The second-order valence-electron chi connectivity index (χ2n) is 14.4. The van der Waals surface area contributed by atoms with E-state index in [1.165, 1.54) is 6.33 Å². The highest BCUT2D eigenvalue weighted by Crippen LogP contribution is 2.44. The molecule has 0 saturated carbocycles. The van der Waals surface area contributed by atoms with Crippen LogP contribution in [0.15, 0.2) is 43.0 Å². The third kappa shape index (κ3) is 7.30. The van der Waals surface area contributed by atoms with Gasteiger partial charge in [0.2, 0.25) is 0 Å². The van der Waals surface area contributed by atoms with Crippen LogP contribution in [0.4, 0.5) is 5.82 Å². The predicted molar refractivity (Wildman–Crippen MR) is 176 cm³/mol. The molecule has 0 spiro atoms. The molecule has 3 aromatic rings. The van der Waals surface area contributed by atoms with Gasteiger partial charge in [-0.05, 0) is 48.4 Å². The average Bonchev–Trinajstić information content (AvgIpc) is 3.51. The van der Waals surface area contributed by atoms with Crippen LogP contribution in [0.3, 0.4) is 0 Å². The number of carbonyl (C=O) groups is 1. The molecule has 1 saturated heterocycles. The summed E-state index contributed by atoms with van der Waals surface area (Å²) in [5.74, 6) is 0.0275. The topological polar surface area (TPSA) is 119 Å². The molecule has 0 bridgehead atoms. The predicted octanol–water partition coefficient (Wildman–Crippen LogP) is 6.38. The van der Waals surface area contributed by atoms with Crippen LogP contribution in [0, 0.1) is 0 Å². The summed E-state index contributed by atoms with van der Waals surface area (Å²) in [6, 6.07) is 8.97. The van der Waals surface area contributed by atoms with E-state index < -0.39 is 41.2 Å². The fourth-order valence-corrected chi connectivity index (χ4v) is 6.76. The summed E-state index contributed by atoms with van der Waals surface area (Å²) in [7, 11) is -2.81. The third-order valence-electron chi connectivity index (χ3n) is 9.22. The van der Waals surface area contributed by atoms with Crippen LogP contribution in [0.25, 0.3) is 11.2 Å². The minimum Gasteiger partial charge on any atom is -0.414 e. The number of benzene rings is 1. The van der Waals surface area contributed by atoms with Crippen molar-refractivity contribution >= 4 is 39.5 Å². The number of hydrogen-bond donors (Lipinski definition) is 1. The van der Waals surface area contributed by atoms with E-state index in [-0.39, 0.29) is 22.8 Å². The monoisotopic (exact) mass is 643 g/mol. The zero-order valence-corrected chi connectivity index (χ0v) is 30.0. The Balaban J connectivity index is 1.73. The van der Waals surface area contributed by atoms with Gasteiger partial charge >= 0.3 is 0 Å². The Kier molecular flexibility index (Phi) is 10.2. The van der Waals surface area contributed by atoms with Gasteiger partial charge in [-0.15, -0.1) is 0 Å². The molecule has 2 aromatic heterocycles. The van der Waals surface area contributed by atoms with Crippen LogP contribution < -0.4 is 5.32 Å². The largest absolute Gasteiger partial charge is 0.414 e. The fraction of sp³-hybridized carbons (Fsp3) is 0.613. The van der Waals surface area contributed by atoms with Gasteiger partial charge in [-0.2, -0.15) is 0 Å². The van der Waals surface area contributed by atoms with Crippen molar-refractivity contribution in [2.45, 2.75) is 102 Å². The minimum atomic E-state index is -2.32. The molecule has 13 heteroatoms. The number of imidazole rings is 1. The molecule has 4 rings (SSSR count). The van der Waals surface area contributed by atoms with E-state index in [4.69, 9.17) is 23.1 Å². The molecule has 44 heavy (non-hydrogen) atoms. The van der Waals surface area contributed by atoms with Crippen molar-refractivity contribution in [1.82, 2.24) is 19.5 Å². The van der Waals surface area contributed by atoms with E-state index in [1.807, 2.05) is 22.8 Å². The number of hydrogen-bond acceptors (Lipinski definition) is 9. The quantitative estimate of drug-likeness (QED) is 0.188. The van der Waals surface area contributed by atoms with Gasteiger partial charge in [0, 0.05) is 12.7 Å². The van der Waals surface area contributed by atoms with Crippen LogP contribution in [0.1, 0.15) is 58.1 Å². The maximum atomic E-state index is 12.9. The molecule has 4 atom stereocenters. The van der Waals surface area contributed by atoms with Crippen LogP contribution in [-0.2, 0) is 23.1 Å². The average molecular weight is 644 g/mol. The number of rotatable bonds is 11. The van der Waals surface area contributed by atoms with E-state index in [0.29, 0.717) is 29.2 Å². The van der Waals surface area contributed by atoms with Gasteiger partial charge < -0.3 is 28.4 Å². The smallest absolute Gasteiger partial charge is 0.256 e. The number of amides is 1. The van der Waals surface area contributed by atoms with Crippen molar-refractivity contribution in [3.63, 3.8) is 0 Å². The number of carbonyl (C=O) groups excluding carboxylic acids is 1.